The molecule has 0 spiro atoms. The van der Waals surface area contributed by atoms with Crippen LogP contribution >= 0.6 is 0 Å². The van der Waals surface area contributed by atoms with Crippen LogP contribution in [0.5, 0.6) is 0 Å². The molecule has 19 heavy (non-hydrogen) atoms. The summed E-state index contributed by atoms with van der Waals surface area (Å²) in [6.45, 7) is 0. The van der Waals surface area contributed by atoms with Gasteiger partial charge in [0.15, 0.2) is 0 Å². The third kappa shape index (κ3) is 2.61. The first-order valence-electron chi connectivity index (χ1n) is 7.19. The molecule has 2 aliphatic carbocycles. The number of hydrogen-bond donors (Lipinski definition) is 2. The van der Waals surface area contributed by atoms with E-state index in [9.17, 15) is 14.7 Å². The van der Waals surface area contributed by atoms with Crippen molar-refractivity contribution in [3.63, 3.8) is 0 Å². The molecule has 0 unspecified atom stereocenters. The van der Waals surface area contributed by atoms with Gasteiger partial charge in [-0.15, -0.1) is 0 Å². The second-order valence-electron chi connectivity index (χ2n) is 5.95. The lowest BCUT2D eigenvalue weighted by Gasteiger charge is -2.40. The van der Waals surface area contributed by atoms with Gasteiger partial charge in [-0.1, -0.05) is 0 Å². The highest BCUT2D eigenvalue weighted by Crippen LogP contribution is 2.34. The molecule has 0 aromatic carbocycles. The van der Waals surface area contributed by atoms with Crippen molar-refractivity contribution in [3.8, 4) is 0 Å². The fraction of sp³-hybridized carbons (Fsp3) is 0.857. The minimum absolute atomic E-state index is 0.00595. The van der Waals surface area contributed by atoms with Crippen molar-refractivity contribution in [2.45, 2.75) is 56.5 Å². The number of aliphatic carboxylic acids is 1. The van der Waals surface area contributed by atoms with E-state index in [0.717, 1.165) is 12.8 Å². The van der Waals surface area contributed by atoms with Crippen molar-refractivity contribution in [1.29, 1.82) is 0 Å². The summed E-state index contributed by atoms with van der Waals surface area (Å²) >= 11 is 0. The lowest BCUT2D eigenvalue weighted by molar-refractivity contribution is -0.149. The van der Waals surface area contributed by atoms with E-state index in [-0.39, 0.29) is 11.8 Å². The van der Waals surface area contributed by atoms with E-state index >= 15 is 0 Å². The molecule has 2 fully saturated rings. The molecule has 2 aliphatic rings. The van der Waals surface area contributed by atoms with Crippen molar-refractivity contribution < 1.29 is 14.7 Å². The summed E-state index contributed by atoms with van der Waals surface area (Å²) in [6.07, 6.45) is 5.86. The highest BCUT2D eigenvalue weighted by atomic mass is 16.4. The zero-order valence-electron chi connectivity index (χ0n) is 11.8. The molecule has 108 valence electrons. The Morgan fingerprint density at radius 3 is 2.16 bits per heavy atom. The van der Waals surface area contributed by atoms with E-state index in [1.165, 1.54) is 6.42 Å². The maximum atomic E-state index is 12.4. The standard InChI is InChI=1S/C14H24N2O3/c1-15-14(13(18)19)8-6-10(7-9-14)12(17)16(2)11-4-3-5-11/h10-11,15H,3-9H2,1-2H3,(H,18,19). The van der Waals surface area contributed by atoms with Crippen LogP contribution in [0, 0.1) is 5.92 Å². The summed E-state index contributed by atoms with van der Waals surface area (Å²) in [7, 11) is 3.58. The lowest BCUT2D eigenvalue weighted by Crippen LogP contribution is -2.54. The smallest absolute Gasteiger partial charge is 0.323 e. The molecule has 2 rings (SSSR count). The minimum Gasteiger partial charge on any atom is -0.480 e. The number of carboxylic acid groups (broad SMARTS) is 1. The fourth-order valence-electron chi connectivity index (χ4n) is 3.17. The number of carbonyl (C=O) groups is 2. The van der Waals surface area contributed by atoms with Crippen LogP contribution < -0.4 is 5.32 Å². The molecule has 5 heteroatoms. The van der Waals surface area contributed by atoms with Gasteiger partial charge in [0.05, 0.1) is 0 Å². The molecule has 0 saturated heterocycles. The molecular formula is C14H24N2O3. The summed E-state index contributed by atoms with van der Waals surface area (Å²) in [4.78, 5) is 25.6. The van der Waals surface area contributed by atoms with Crippen molar-refractivity contribution in [1.82, 2.24) is 10.2 Å². The Kier molecular flexibility index (Phi) is 4.13. The van der Waals surface area contributed by atoms with Gasteiger partial charge in [-0.25, -0.2) is 0 Å². The minimum atomic E-state index is -0.828. The maximum absolute atomic E-state index is 12.4. The number of carbonyl (C=O) groups excluding carboxylic acids is 1. The Balaban J connectivity index is 1.92. The van der Waals surface area contributed by atoms with Gasteiger partial charge in [0.1, 0.15) is 5.54 Å². The van der Waals surface area contributed by atoms with Gasteiger partial charge in [0.25, 0.3) is 0 Å². The predicted octanol–water partition coefficient (Wildman–Crippen LogP) is 1.23. The van der Waals surface area contributed by atoms with Gasteiger partial charge < -0.3 is 15.3 Å². The SMILES string of the molecule is CNC1(C(=O)O)CCC(C(=O)N(C)C2CCC2)CC1. The van der Waals surface area contributed by atoms with E-state index in [2.05, 4.69) is 5.32 Å². The molecule has 0 heterocycles. The third-order valence-corrected chi connectivity index (χ3v) is 5.05. The van der Waals surface area contributed by atoms with Crippen LogP contribution in [-0.2, 0) is 9.59 Å². The number of amides is 1. The van der Waals surface area contributed by atoms with Crippen LogP contribution in [0.15, 0.2) is 0 Å². The van der Waals surface area contributed by atoms with Gasteiger partial charge in [0, 0.05) is 19.0 Å². The van der Waals surface area contributed by atoms with Gasteiger partial charge in [0.2, 0.25) is 5.91 Å². The van der Waals surface area contributed by atoms with E-state index < -0.39 is 11.5 Å². The van der Waals surface area contributed by atoms with E-state index in [1.54, 1.807) is 7.05 Å². The first-order valence-corrected chi connectivity index (χ1v) is 7.19. The number of nitrogens with one attached hydrogen (secondary N) is 1. The van der Waals surface area contributed by atoms with Crippen LogP contribution in [0.2, 0.25) is 0 Å². The zero-order valence-corrected chi connectivity index (χ0v) is 11.8. The molecule has 2 saturated carbocycles. The van der Waals surface area contributed by atoms with Crippen LogP contribution in [0.25, 0.3) is 0 Å². The number of carboxylic acids is 1. The molecule has 0 aliphatic heterocycles. The largest absolute Gasteiger partial charge is 0.480 e. The Morgan fingerprint density at radius 2 is 1.79 bits per heavy atom. The molecule has 0 aromatic heterocycles. The van der Waals surface area contributed by atoms with Crippen molar-refractivity contribution >= 4 is 11.9 Å². The van der Waals surface area contributed by atoms with Crippen LogP contribution in [0.3, 0.4) is 0 Å². The average molecular weight is 268 g/mol. The lowest BCUT2D eigenvalue weighted by atomic mass is 9.75. The molecule has 5 nitrogen and oxygen atoms in total. The van der Waals surface area contributed by atoms with E-state index in [4.69, 9.17) is 0 Å². The monoisotopic (exact) mass is 268 g/mol. The van der Waals surface area contributed by atoms with Crippen LogP contribution in [0.1, 0.15) is 44.9 Å². The second-order valence-corrected chi connectivity index (χ2v) is 5.95. The first kappa shape index (κ1) is 14.3. The quantitative estimate of drug-likeness (QED) is 0.804. The van der Waals surface area contributed by atoms with Crippen molar-refractivity contribution in [3.05, 3.63) is 0 Å². The Morgan fingerprint density at radius 1 is 1.21 bits per heavy atom. The number of hydrogen-bond acceptors (Lipinski definition) is 3. The average Bonchev–Trinajstić information content (AvgIpc) is 2.35. The fourth-order valence-corrected chi connectivity index (χ4v) is 3.17. The van der Waals surface area contributed by atoms with Gasteiger partial charge in [-0.3, -0.25) is 9.59 Å². The molecule has 1 amide bonds. The molecule has 0 bridgehead atoms. The Bertz CT molecular complexity index is 358. The molecular weight excluding hydrogens is 244 g/mol. The maximum Gasteiger partial charge on any atom is 0.323 e. The first-order chi connectivity index (χ1) is 9.00. The topological polar surface area (TPSA) is 69.6 Å². The Hall–Kier alpha value is -1.10. The predicted molar refractivity (Wildman–Crippen MR) is 71.8 cm³/mol. The summed E-state index contributed by atoms with van der Waals surface area (Å²) in [5.41, 5.74) is -0.828. The highest BCUT2D eigenvalue weighted by molar-refractivity contribution is 5.82. The van der Waals surface area contributed by atoms with Crippen molar-refractivity contribution in [2.75, 3.05) is 14.1 Å². The molecule has 2 N–H and O–H groups in total. The van der Waals surface area contributed by atoms with Gasteiger partial charge >= 0.3 is 5.97 Å². The summed E-state index contributed by atoms with van der Waals surface area (Å²) in [5, 5.41) is 12.2. The highest BCUT2D eigenvalue weighted by Gasteiger charge is 2.43. The van der Waals surface area contributed by atoms with Crippen LogP contribution in [-0.4, -0.2) is 47.6 Å². The van der Waals surface area contributed by atoms with Gasteiger partial charge in [-0.2, -0.15) is 0 Å². The normalized spacial score (nSPS) is 31.6. The van der Waals surface area contributed by atoms with Crippen molar-refractivity contribution in [2.24, 2.45) is 5.92 Å². The number of nitrogens with zero attached hydrogens (tertiary/aromatic N) is 1. The summed E-state index contributed by atoms with van der Waals surface area (Å²) in [6, 6.07) is 0.419. The Labute approximate surface area is 114 Å². The molecule has 0 atom stereocenters. The number of likely N-dealkylation sites (N-methyl/N-ethyl adjacent to an activating group) is 1. The molecule has 0 aromatic rings. The van der Waals surface area contributed by atoms with Gasteiger partial charge in [-0.05, 0) is 52.0 Å². The van der Waals surface area contributed by atoms with E-state index in [1.807, 2.05) is 11.9 Å². The second kappa shape index (κ2) is 5.49. The summed E-state index contributed by atoms with van der Waals surface area (Å²) in [5.74, 6) is -0.584. The zero-order chi connectivity index (χ0) is 14.0. The van der Waals surface area contributed by atoms with E-state index in [0.29, 0.717) is 31.7 Å². The number of rotatable bonds is 4. The summed E-state index contributed by atoms with van der Waals surface area (Å²) < 4.78 is 0. The third-order valence-electron chi connectivity index (χ3n) is 5.05. The molecule has 0 radical (unpaired) electrons. The van der Waals surface area contributed by atoms with Crippen LogP contribution in [0.4, 0.5) is 0 Å².